The molecule has 4 rings (SSSR count). The third-order valence-corrected chi connectivity index (χ3v) is 4.40. The molecule has 1 aliphatic heterocycles. The Morgan fingerprint density at radius 1 is 0.815 bits per heavy atom. The van der Waals surface area contributed by atoms with E-state index in [4.69, 9.17) is 16.3 Å². The number of aromatic nitrogens is 3. The van der Waals surface area contributed by atoms with Crippen LogP contribution < -0.4 is 15.5 Å². The van der Waals surface area contributed by atoms with Crippen LogP contribution in [-0.2, 0) is 4.74 Å². The Kier molecular flexibility index (Phi) is 5.32. The third kappa shape index (κ3) is 4.45. The molecule has 0 amide bonds. The molecular weight excluding hydrogens is 364 g/mol. The molecule has 0 bridgehead atoms. The van der Waals surface area contributed by atoms with Crippen molar-refractivity contribution in [2.24, 2.45) is 0 Å². The number of hydrogen-bond acceptors (Lipinski definition) is 7. The van der Waals surface area contributed by atoms with Crippen LogP contribution in [0.5, 0.6) is 0 Å². The normalized spacial score (nSPS) is 14.0. The molecule has 0 saturated carbocycles. The van der Waals surface area contributed by atoms with Crippen molar-refractivity contribution in [2.45, 2.75) is 0 Å². The predicted octanol–water partition coefficient (Wildman–Crippen LogP) is 3.85. The smallest absolute Gasteiger partial charge is 0.233 e. The SMILES string of the molecule is Clc1ccccc1Nc1nc(Nc2ccccc2)nc(N2CCOCC2)n1. The van der Waals surface area contributed by atoms with Crippen molar-refractivity contribution in [3.63, 3.8) is 0 Å². The second kappa shape index (κ2) is 8.20. The summed E-state index contributed by atoms with van der Waals surface area (Å²) in [5.74, 6) is 1.49. The van der Waals surface area contributed by atoms with Gasteiger partial charge in [-0.1, -0.05) is 41.9 Å². The Balaban J connectivity index is 1.66. The standard InChI is InChI=1S/C19H19ClN6O/c20-15-8-4-5-9-16(15)22-18-23-17(21-14-6-2-1-3-7-14)24-19(25-18)26-10-12-27-13-11-26/h1-9H,10-13H2,(H2,21,22,23,24,25). The molecule has 1 saturated heterocycles. The molecule has 3 aromatic rings. The van der Waals surface area contributed by atoms with Crippen LogP contribution in [0.25, 0.3) is 0 Å². The lowest BCUT2D eigenvalue weighted by Gasteiger charge is -2.27. The first-order valence-corrected chi connectivity index (χ1v) is 9.08. The van der Waals surface area contributed by atoms with Crippen LogP contribution in [0.1, 0.15) is 0 Å². The van der Waals surface area contributed by atoms with Crippen molar-refractivity contribution in [2.75, 3.05) is 41.8 Å². The zero-order valence-electron chi connectivity index (χ0n) is 14.6. The summed E-state index contributed by atoms with van der Waals surface area (Å²) >= 11 is 6.26. The number of morpholine rings is 1. The average Bonchev–Trinajstić information content (AvgIpc) is 2.71. The van der Waals surface area contributed by atoms with Gasteiger partial charge in [0, 0.05) is 18.8 Å². The molecule has 0 radical (unpaired) electrons. The van der Waals surface area contributed by atoms with Crippen LogP contribution in [0.15, 0.2) is 54.6 Å². The first kappa shape index (κ1) is 17.5. The molecule has 1 aliphatic rings. The highest BCUT2D eigenvalue weighted by molar-refractivity contribution is 6.33. The van der Waals surface area contributed by atoms with Gasteiger partial charge in [-0.15, -0.1) is 0 Å². The van der Waals surface area contributed by atoms with Gasteiger partial charge in [0.2, 0.25) is 17.8 Å². The van der Waals surface area contributed by atoms with Gasteiger partial charge in [-0.05, 0) is 24.3 Å². The number of para-hydroxylation sites is 2. The van der Waals surface area contributed by atoms with Crippen molar-refractivity contribution >= 4 is 40.8 Å². The van der Waals surface area contributed by atoms with E-state index < -0.39 is 0 Å². The minimum atomic E-state index is 0.429. The zero-order chi connectivity index (χ0) is 18.5. The number of nitrogens with one attached hydrogen (secondary N) is 2. The number of rotatable bonds is 5. The molecule has 0 aliphatic carbocycles. The molecule has 0 spiro atoms. The van der Waals surface area contributed by atoms with Crippen LogP contribution in [0.4, 0.5) is 29.2 Å². The molecule has 27 heavy (non-hydrogen) atoms. The van der Waals surface area contributed by atoms with Crippen molar-refractivity contribution in [3.8, 4) is 0 Å². The second-order valence-corrected chi connectivity index (χ2v) is 6.39. The quantitative estimate of drug-likeness (QED) is 0.694. The van der Waals surface area contributed by atoms with Gasteiger partial charge in [0.1, 0.15) is 0 Å². The first-order valence-electron chi connectivity index (χ1n) is 8.70. The second-order valence-electron chi connectivity index (χ2n) is 5.98. The molecule has 7 nitrogen and oxygen atoms in total. The fourth-order valence-electron chi connectivity index (χ4n) is 2.71. The minimum Gasteiger partial charge on any atom is -0.378 e. The van der Waals surface area contributed by atoms with Crippen LogP contribution in [0.3, 0.4) is 0 Å². The number of hydrogen-bond donors (Lipinski definition) is 2. The lowest BCUT2D eigenvalue weighted by molar-refractivity contribution is 0.122. The lowest BCUT2D eigenvalue weighted by atomic mass is 10.3. The molecule has 2 heterocycles. The molecule has 8 heteroatoms. The van der Waals surface area contributed by atoms with Crippen LogP contribution in [0.2, 0.25) is 5.02 Å². The highest BCUT2D eigenvalue weighted by Gasteiger charge is 2.17. The Labute approximate surface area is 162 Å². The van der Waals surface area contributed by atoms with Gasteiger partial charge in [-0.25, -0.2) is 0 Å². The zero-order valence-corrected chi connectivity index (χ0v) is 15.4. The Morgan fingerprint density at radius 3 is 2.22 bits per heavy atom. The molecule has 138 valence electrons. The van der Waals surface area contributed by atoms with E-state index in [0.29, 0.717) is 36.1 Å². The van der Waals surface area contributed by atoms with E-state index in [0.717, 1.165) is 24.5 Å². The summed E-state index contributed by atoms with van der Waals surface area (Å²) in [6, 6.07) is 17.3. The maximum absolute atomic E-state index is 6.26. The monoisotopic (exact) mass is 382 g/mol. The number of halogens is 1. The van der Waals surface area contributed by atoms with E-state index in [9.17, 15) is 0 Å². The van der Waals surface area contributed by atoms with E-state index in [1.807, 2.05) is 54.6 Å². The molecule has 1 aromatic heterocycles. The summed E-state index contributed by atoms with van der Waals surface area (Å²) in [6.07, 6.45) is 0. The molecular formula is C19H19ClN6O. The molecule has 0 atom stereocenters. The van der Waals surface area contributed by atoms with Gasteiger partial charge in [0.05, 0.1) is 23.9 Å². The summed E-state index contributed by atoms with van der Waals surface area (Å²) in [6.45, 7) is 2.78. The van der Waals surface area contributed by atoms with E-state index in [1.165, 1.54) is 0 Å². The molecule has 0 unspecified atom stereocenters. The van der Waals surface area contributed by atoms with Crippen molar-refractivity contribution in [3.05, 3.63) is 59.6 Å². The molecule has 2 aromatic carbocycles. The Hall–Kier alpha value is -2.90. The maximum atomic E-state index is 6.26. The molecule has 2 N–H and O–H groups in total. The van der Waals surface area contributed by atoms with Gasteiger partial charge in [0.25, 0.3) is 0 Å². The van der Waals surface area contributed by atoms with Crippen molar-refractivity contribution in [1.29, 1.82) is 0 Å². The summed E-state index contributed by atoms with van der Waals surface area (Å²) in [5.41, 5.74) is 1.64. The summed E-state index contributed by atoms with van der Waals surface area (Å²) in [4.78, 5) is 15.7. The fraction of sp³-hybridized carbons (Fsp3) is 0.211. The van der Waals surface area contributed by atoms with Gasteiger partial charge >= 0.3 is 0 Å². The highest BCUT2D eigenvalue weighted by atomic mass is 35.5. The van der Waals surface area contributed by atoms with Crippen LogP contribution in [-0.4, -0.2) is 41.3 Å². The lowest BCUT2D eigenvalue weighted by Crippen LogP contribution is -2.37. The van der Waals surface area contributed by atoms with Gasteiger partial charge in [-0.2, -0.15) is 15.0 Å². The largest absolute Gasteiger partial charge is 0.378 e. The maximum Gasteiger partial charge on any atom is 0.233 e. The Bertz CT molecular complexity index is 902. The van der Waals surface area contributed by atoms with E-state index in [2.05, 4.69) is 30.5 Å². The van der Waals surface area contributed by atoms with Crippen molar-refractivity contribution < 1.29 is 4.74 Å². The van der Waals surface area contributed by atoms with Crippen LogP contribution >= 0.6 is 11.6 Å². The van der Waals surface area contributed by atoms with E-state index in [1.54, 1.807) is 0 Å². The first-order chi connectivity index (χ1) is 13.3. The number of ether oxygens (including phenoxy) is 1. The Morgan fingerprint density at radius 2 is 1.48 bits per heavy atom. The van der Waals surface area contributed by atoms with Gasteiger partial charge in [-0.3, -0.25) is 0 Å². The number of benzene rings is 2. The fourth-order valence-corrected chi connectivity index (χ4v) is 2.90. The number of nitrogens with zero attached hydrogens (tertiary/aromatic N) is 4. The summed E-state index contributed by atoms with van der Waals surface area (Å²) in [7, 11) is 0. The highest BCUT2D eigenvalue weighted by Crippen LogP contribution is 2.25. The topological polar surface area (TPSA) is 75.2 Å². The van der Waals surface area contributed by atoms with E-state index >= 15 is 0 Å². The van der Waals surface area contributed by atoms with Crippen LogP contribution in [0, 0.1) is 0 Å². The average molecular weight is 383 g/mol. The third-order valence-electron chi connectivity index (χ3n) is 4.07. The van der Waals surface area contributed by atoms with Crippen molar-refractivity contribution in [1.82, 2.24) is 15.0 Å². The number of anilines is 5. The molecule has 1 fully saturated rings. The summed E-state index contributed by atoms with van der Waals surface area (Å²) < 4.78 is 5.43. The summed E-state index contributed by atoms with van der Waals surface area (Å²) in [5, 5.41) is 7.02. The van der Waals surface area contributed by atoms with Gasteiger partial charge in [0.15, 0.2) is 0 Å². The minimum absolute atomic E-state index is 0.429. The predicted molar refractivity (Wildman–Crippen MR) is 107 cm³/mol. The van der Waals surface area contributed by atoms with Gasteiger partial charge < -0.3 is 20.3 Å². The van der Waals surface area contributed by atoms with E-state index in [-0.39, 0.29) is 0 Å².